The van der Waals surface area contributed by atoms with Crippen LogP contribution in [0.25, 0.3) is 0 Å². The summed E-state index contributed by atoms with van der Waals surface area (Å²) in [4.78, 5) is 13.8. The standard InChI is InChI=1S/C15H22N2O3/c1-17(10-12-6-8-19-9-7-12)15(18)11-20-14-5-3-2-4-13(14)16/h2-5,12H,6-11,16H2,1H3. The molecule has 2 rings (SSSR count). The lowest BCUT2D eigenvalue weighted by molar-refractivity contribution is -0.133. The van der Waals surface area contributed by atoms with Crippen LogP contribution in [0.2, 0.25) is 0 Å². The van der Waals surface area contributed by atoms with E-state index in [-0.39, 0.29) is 12.5 Å². The summed E-state index contributed by atoms with van der Waals surface area (Å²) in [5.41, 5.74) is 6.32. The zero-order chi connectivity index (χ0) is 14.4. The van der Waals surface area contributed by atoms with E-state index in [2.05, 4.69) is 0 Å². The Labute approximate surface area is 119 Å². The van der Waals surface area contributed by atoms with Crippen molar-refractivity contribution in [2.24, 2.45) is 5.92 Å². The van der Waals surface area contributed by atoms with Gasteiger partial charge in [-0.25, -0.2) is 0 Å². The SMILES string of the molecule is CN(CC1CCOCC1)C(=O)COc1ccccc1N. The number of nitrogen functional groups attached to an aromatic ring is 1. The molecule has 1 saturated heterocycles. The topological polar surface area (TPSA) is 64.8 Å². The van der Waals surface area contributed by atoms with Crippen LogP contribution >= 0.6 is 0 Å². The third-order valence-corrected chi connectivity index (χ3v) is 3.57. The number of ether oxygens (including phenoxy) is 2. The lowest BCUT2D eigenvalue weighted by Gasteiger charge is -2.27. The molecule has 0 aliphatic carbocycles. The van der Waals surface area contributed by atoms with Gasteiger partial charge in [-0.05, 0) is 30.9 Å². The van der Waals surface area contributed by atoms with Crippen LogP contribution in [-0.4, -0.2) is 44.2 Å². The fourth-order valence-corrected chi connectivity index (χ4v) is 2.28. The number of hydrogen-bond acceptors (Lipinski definition) is 4. The van der Waals surface area contributed by atoms with Crippen molar-refractivity contribution < 1.29 is 14.3 Å². The molecular weight excluding hydrogens is 256 g/mol. The lowest BCUT2D eigenvalue weighted by Crippen LogP contribution is -2.36. The second kappa shape index (κ2) is 7.14. The first-order valence-corrected chi connectivity index (χ1v) is 6.96. The normalized spacial score (nSPS) is 15.8. The molecule has 5 heteroatoms. The number of nitrogens with zero attached hydrogens (tertiary/aromatic N) is 1. The number of anilines is 1. The van der Waals surface area contributed by atoms with Crippen LogP contribution in [0.4, 0.5) is 5.69 Å². The zero-order valence-electron chi connectivity index (χ0n) is 11.9. The molecule has 1 fully saturated rings. The maximum atomic E-state index is 12.0. The molecule has 1 aliphatic rings. The van der Waals surface area contributed by atoms with E-state index >= 15 is 0 Å². The summed E-state index contributed by atoms with van der Waals surface area (Å²) in [6.45, 7) is 2.37. The van der Waals surface area contributed by atoms with Gasteiger partial charge in [0.25, 0.3) is 5.91 Å². The van der Waals surface area contributed by atoms with Crippen molar-refractivity contribution in [1.29, 1.82) is 0 Å². The van der Waals surface area contributed by atoms with Crippen molar-refractivity contribution in [3.63, 3.8) is 0 Å². The molecule has 0 spiro atoms. The second-order valence-electron chi connectivity index (χ2n) is 5.16. The Morgan fingerprint density at radius 2 is 2.10 bits per heavy atom. The van der Waals surface area contributed by atoms with Gasteiger partial charge in [-0.2, -0.15) is 0 Å². The summed E-state index contributed by atoms with van der Waals surface area (Å²) in [7, 11) is 1.81. The van der Waals surface area contributed by atoms with Crippen LogP contribution in [0.3, 0.4) is 0 Å². The third kappa shape index (κ3) is 4.13. The Bertz CT molecular complexity index is 444. The van der Waals surface area contributed by atoms with E-state index in [0.29, 0.717) is 17.4 Å². The largest absolute Gasteiger partial charge is 0.482 e. The molecule has 110 valence electrons. The molecule has 1 amide bonds. The highest BCUT2D eigenvalue weighted by atomic mass is 16.5. The van der Waals surface area contributed by atoms with E-state index in [9.17, 15) is 4.79 Å². The fourth-order valence-electron chi connectivity index (χ4n) is 2.28. The van der Waals surface area contributed by atoms with Gasteiger partial charge in [0, 0.05) is 26.8 Å². The summed E-state index contributed by atoms with van der Waals surface area (Å²) < 4.78 is 10.8. The number of carbonyl (C=O) groups is 1. The number of likely N-dealkylation sites (N-methyl/N-ethyl adjacent to an activating group) is 1. The predicted octanol–water partition coefficient (Wildman–Crippen LogP) is 1.53. The van der Waals surface area contributed by atoms with E-state index in [4.69, 9.17) is 15.2 Å². The minimum absolute atomic E-state index is 0.0218. The number of rotatable bonds is 5. The van der Waals surface area contributed by atoms with Gasteiger partial charge < -0.3 is 20.1 Å². The average Bonchev–Trinajstić information content (AvgIpc) is 2.47. The van der Waals surface area contributed by atoms with E-state index < -0.39 is 0 Å². The molecule has 0 unspecified atom stereocenters. The van der Waals surface area contributed by atoms with Crippen LogP contribution in [0, 0.1) is 5.92 Å². The van der Waals surface area contributed by atoms with Gasteiger partial charge in [-0.1, -0.05) is 12.1 Å². The number of benzene rings is 1. The first-order chi connectivity index (χ1) is 9.66. The Balaban J connectivity index is 1.77. The average molecular weight is 278 g/mol. The van der Waals surface area contributed by atoms with Crippen molar-refractivity contribution in [3.8, 4) is 5.75 Å². The highest BCUT2D eigenvalue weighted by molar-refractivity contribution is 5.77. The number of carbonyl (C=O) groups excluding carboxylic acids is 1. The van der Waals surface area contributed by atoms with Crippen LogP contribution in [0.1, 0.15) is 12.8 Å². The molecule has 1 heterocycles. The lowest BCUT2D eigenvalue weighted by atomic mass is 10.00. The number of para-hydroxylation sites is 2. The second-order valence-corrected chi connectivity index (χ2v) is 5.16. The summed E-state index contributed by atoms with van der Waals surface area (Å²) in [6, 6.07) is 7.19. The van der Waals surface area contributed by atoms with Gasteiger partial charge in [0.2, 0.25) is 0 Å². The molecule has 1 aromatic rings. The first kappa shape index (κ1) is 14.7. The highest BCUT2D eigenvalue weighted by Crippen LogP contribution is 2.20. The van der Waals surface area contributed by atoms with Crippen LogP contribution in [-0.2, 0) is 9.53 Å². The Hall–Kier alpha value is -1.75. The monoisotopic (exact) mass is 278 g/mol. The van der Waals surface area contributed by atoms with Gasteiger partial charge in [0.1, 0.15) is 5.75 Å². The van der Waals surface area contributed by atoms with E-state index in [0.717, 1.165) is 32.6 Å². The summed E-state index contributed by atoms with van der Waals surface area (Å²) >= 11 is 0. The molecule has 1 aliphatic heterocycles. The molecule has 0 aromatic heterocycles. The molecule has 5 nitrogen and oxygen atoms in total. The predicted molar refractivity (Wildman–Crippen MR) is 77.5 cm³/mol. The van der Waals surface area contributed by atoms with Crippen molar-refractivity contribution in [2.75, 3.05) is 39.1 Å². The Morgan fingerprint density at radius 1 is 1.40 bits per heavy atom. The molecule has 0 bridgehead atoms. The summed E-state index contributed by atoms with van der Waals surface area (Å²) in [5.74, 6) is 1.06. The van der Waals surface area contributed by atoms with E-state index in [1.807, 2.05) is 19.2 Å². The first-order valence-electron chi connectivity index (χ1n) is 6.96. The quantitative estimate of drug-likeness (QED) is 0.830. The minimum atomic E-state index is -0.0280. The van der Waals surface area contributed by atoms with Gasteiger partial charge in [-0.15, -0.1) is 0 Å². The molecule has 20 heavy (non-hydrogen) atoms. The maximum Gasteiger partial charge on any atom is 0.260 e. The van der Waals surface area contributed by atoms with Crippen LogP contribution in [0.5, 0.6) is 5.75 Å². The molecule has 0 atom stereocenters. The van der Waals surface area contributed by atoms with Gasteiger partial charge in [-0.3, -0.25) is 4.79 Å². The Morgan fingerprint density at radius 3 is 2.80 bits per heavy atom. The number of hydrogen-bond donors (Lipinski definition) is 1. The minimum Gasteiger partial charge on any atom is -0.482 e. The van der Waals surface area contributed by atoms with Gasteiger partial charge in [0.15, 0.2) is 6.61 Å². The number of nitrogens with two attached hydrogens (primary N) is 1. The van der Waals surface area contributed by atoms with Crippen LogP contribution < -0.4 is 10.5 Å². The smallest absolute Gasteiger partial charge is 0.260 e. The molecule has 2 N–H and O–H groups in total. The summed E-state index contributed by atoms with van der Waals surface area (Å²) in [5, 5.41) is 0. The molecule has 1 aromatic carbocycles. The molecule has 0 saturated carbocycles. The van der Waals surface area contributed by atoms with Gasteiger partial charge in [0.05, 0.1) is 5.69 Å². The highest BCUT2D eigenvalue weighted by Gasteiger charge is 2.18. The van der Waals surface area contributed by atoms with Crippen molar-refractivity contribution in [2.45, 2.75) is 12.8 Å². The van der Waals surface area contributed by atoms with Crippen LogP contribution in [0.15, 0.2) is 24.3 Å². The Kier molecular flexibility index (Phi) is 5.24. The van der Waals surface area contributed by atoms with Crippen molar-refractivity contribution >= 4 is 11.6 Å². The fraction of sp³-hybridized carbons (Fsp3) is 0.533. The van der Waals surface area contributed by atoms with Gasteiger partial charge >= 0.3 is 0 Å². The molecule has 0 radical (unpaired) electrons. The molecular formula is C15H22N2O3. The van der Waals surface area contributed by atoms with E-state index in [1.54, 1.807) is 17.0 Å². The van der Waals surface area contributed by atoms with E-state index in [1.165, 1.54) is 0 Å². The van der Waals surface area contributed by atoms with Crippen molar-refractivity contribution in [3.05, 3.63) is 24.3 Å². The third-order valence-electron chi connectivity index (χ3n) is 3.57. The maximum absolute atomic E-state index is 12.0. The number of amides is 1. The van der Waals surface area contributed by atoms with Crippen molar-refractivity contribution in [1.82, 2.24) is 4.90 Å². The summed E-state index contributed by atoms with van der Waals surface area (Å²) in [6.07, 6.45) is 2.04. The zero-order valence-corrected chi connectivity index (χ0v) is 11.9.